The topological polar surface area (TPSA) is 87.2 Å². The molecule has 2 rings (SSSR count). The maximum Gasteiger partial charge on any atom is 0.276 e. The zero-order chi connectivity index (χ0) is 16.1. The Morgan fingerprint density at radius 2 is 2.18 bits per heavy atom. The van der Waals surface area contributed by atoms with Crippen LogP contribution in [0.3, 0.4) is 0 Å². The standard InChI is InChI=1S/C16H21N3O3/c1-4-22-15-6-5-12(7-11(15)9-20)17-16(21)14-8-13(10(2)3)18-19-14/h5-8,10,20H,4,9H2,1-3H3,(H,17,21)(H,18,19). The highest BCUT2D eigenvalue weighted by molar-refractivity contribution is 6.03. The molecule has 1 aromatic heterocycles. The van der Waals surface area contributed by atoms with Gasteiger partial charge in [-0.05, 0) is 37.1 Å². The van der Waals surface area contributed by atoms with Gasteiger partial charge in [0.25, 0.3) is 5.91 Å². The zero-order valence-corrected chi connectivity index (χ0v) is 13.0. The SMILES string of the molecule is CCOc1ccc(NC(=O)c2cc(C(C)C)[nH]n2)cc1CO. The van der Waals surface area contributed by atoms with E-state index < -0.39 is 0 Å². The highest BCUT2D eigenvalue weighted by atomic mass is 16.5. The summed E-state index contributed by atoms with van der Waals surface area (Å²) in [5.74, 6) is 0.599. The normalized spacial score (nSPS) is 10.8. The van der Waals surface area contributed by atoms with Gasteiger partial charge in [0.15, 0.2) is 5.69 Å². The molecule has 0 atom stereocenters. The van der Waals surface area contributed by atoms with Crippen molar-refractivity contribution in [1.29, 1.82) is 0 Å². The molecule has 6 heteroatoms. The van der Waals surface area contributed by atoms with Crippen LogP contribution >= 0.6 is 0 Å². The molecule has 0 unspecified atom stereocenters. The molecule has 0 aliphatic heterocycles. The molecule has 22 heavy (non-hydrogen) atoms. The molecule has 0 saturated heterocycles. The smallest absolute Gasteiger partial charge is 0.276 e. The van der Waals surface area contributed by atoms with Crippen LogP contribution < -0.4 is 10.1 Å². The average Bonchev–Trinajstić information content (AvgIpc) is 2.99. The summed E-state index contributed by atoms with van der Waals surface area (Å²) in [7, 11) is 0. The van der Waals surface area contributed by atoms with Gasteiger partial charge in [-0.25, -0.2) is 0 Å². The van der Waals surface area contributed by atoms with E-state index in [2.05, 4.69) is 15.5 Å². The summed E-state index contributed by atoms with van der Waals surface area (Å²) >= 11 is 0. The molecular formula is C16H21N3O3. The van der Waals surface area contributed by atoms with E-state index in [1.54, 1.807) is 24.3 Å². The zero-order valence-electron chi connectivity index (χ0n) is 13.0. The van der Waals surface area contributed by atoms with Gasteiger partial charge in [-0.3, -0.25) is 9.89 Å². The third-order valence-corrected chi connectivity index (χ3v) is 3.24. The molecule has 3 N–H and O–H groups in total. The van der Waals surface area contributed by atoms with Crippen LogP contribution in [0.25, 0.3) is 0 Å². The maximum absolute atomic E-state index is 12.2. The number of amides is 1. The van der Waals surface area contributed by atoms with Gasteiger partial charge in [-0.2, -0.15) is 5.10 Å². The molecule has 0 radical (unpaired) electrons. The van der Waals surface area contributed by atoms with Gasteiger partial charge >= 0.3 is 0 Å². The Kier molecular flexibility index (Phi) is 5.16. The number of benzene rings is 1. The lowest BCUT2D eigenvalue weighted by atomic mass is 10.1. The Morgan fingerprint density at radius 3 is 2.77 bits per heavy atom. The van der Waals surface area contributed by atoms with E-state index in [-0.39, 0.29) is 18.4 Å². The van der Waals surface area contributed by atoms with Gasteiger partial charge in [0.1, 0.15) is 5.75 Å². The van der Waals surface area contributed by atoms with Crippen LogP contribution in [0.2, 0.25) is 0 Å². The first-order chi connectivity index (χ1) is 10.5. The molecule has 0 bridgehead atoms. The quantitative estimate of drug-likeness (QED) is 0.765. The van der Waals surface area contributed by atoms with Crippen LogP contribution in [-0.4, -0.2) is 27.8 Å². The van der Waals surface area contributed by atoms with Crippen LogP contribution in [0, 0.1) is 0 Å². The lowest BCUT2D eigenvalue weighted by molar-refractivity contribution is 0.102. The maximum atomic E-state index is 12.2. The van der Waals surface area contributed by atoms with Crippen LogP contribution in [0.5, 0.6) is 5.75 Å². The molecule has 1 amide bonds. The number of aromatic nitrogens is 2. The number of ether oxygens (including phenoxy) is 1. The van der Waals surface area contributed by atoms with Gasteiger partial charge in [-0.1, -0.05) is 13.8 Å². The first-order valence-corrected chi connectivity index (χ1v) is 7.28. The largest absolute Gasteiger partial charge is 0.494 e. The van der Waals surface area contributed by atoms with Crippen molar-refractivity contribution < 1.29 is 14.6 Å². The van der Waals surface area contributed by atoms with Crippen molar-refractivity contribution in [1.82, 2.24) is 10.2 Å². The molecule has 0 spiro atoms. The summed E-state index contributed by atoms with van der Waals surface area (Å²) < 4.78 is 5.41. The number of hydrogen-bond acceptors (Lipinski definition) is 4. The van der Waals surface area contributed by atoms with Crippen molar-refractivity contribution >= 4 is 11.6 Å². The van der Waals surface area contributed by atoms with Crippen LogP contribution in [-0.2, 0) is 6.61 Å². The van der Waals surface area contributed by atoms with Gasteiger partial charge < -0.3 is 15.2 Å². The van der Waals surface area contributed by atoms with Gasteiger partial charge in [0, 0.05) is 16.9 Å². The van der Waals surface area contributed by atoms with E-state index in [1.165, 1.54) is 0 Å². The molecular weight excluding hydrogens is 282 g/mol. The molecule has 1 heterocycles. The minimum absolute atomic E-state index is 0.154. The van der Waals surface area contributed by atoms with Crippen molar-refractivity contribution in [3.63, 3.8) is 0 Å². The molecule has 2 aromatic rings. The summed E-state index contributed by atoms with van der Waals surface area (Å²) in [6.45, 7) is 6.29. The number of H-pyrrole nitrogens is 1. The van der Waals surface area contributed by atoms with E-state index in [1.807, 2.05) is 20.8 Å². The molecule has 1 aromatic carbocycles. The number of nitrogens with one attached hydrogen (secondary N) is 2. The monoisotopic (exact) mass is 303 g/mol. The molecule has 118 valence electrons. The second-order valence-electron chi connectivity index (χ2n) is 5.23. The summed E-state index contributed by atoms with van der Waals surface area (Å²) in [5, 5.41) is 19.0. The highest BCUT2D eigenvalue weighted by Gasteiger charge is 2.13. The number of carbonyl (C=O) groups excluding carboxylic acids is 1. The summed E-state index contributed by atoms with van der Waals surface area (Å²) in [6, 6.07) is 6.90. The molecule has 0 fully saturated rings. The first kappa shape index (κ1) is 16.0. The second-order valence-corrected chi connectivity index (χ2v) is 5.23. The van der Waals surface area contributed by atoms with Crippen LogP contribution in [0.1, 0.15) is 48.4 Å². The van der Waals surface area contributed by atoms with Crippen molar-refractivity contribution in [2.45, 2.75) is 33.3 Å². The Morgan fingerprint density at radius 1 is 1.41 bits per heavy atom. The Balaban J connectivity index is 2.13. The van der Waals surface area contributed by atoms with E-state index in [0.717, 1.165) is 5.69 Å². The number of anilines is 1. The van der Waals surface area contributed by atoms with E-state index >= 15 is 0 Å². The lowest BCUT2D eigenvalue weighted by Crippen LogP contribution is -2.12. The van der Waals surface area contributed by atoms with Crippen molar-refractivity contribution in [2.24, 2.45) is 0 Å². The number of hydrogen-bond donors (Lipinski definition) is 3. The number of aromatic amines is 1. The number of carbonyl (C=O) groups is 1. The average molecular weight is 303 g/mol. The minimum atomic E-state index is -0.295. The van der Waals surface area contributed by atoms with E-state index in [9.17, 15) is 9.90 Å². The number of aliphatic hydroxyl groups is 1. The van der Waals surface area contributed by atoms with Crippen molar-refractivity contribution in [3.05, 3.63) is 41.2 Å². The summed E-state index contributed by atoms with van der Waals surface area (Å²) in [4.78, 5) is 12.2. The fourth-order valence-electron chi connectivity index (χ4n) is 2.02. The Hall–Kier alpha value is -2.34. The van der Waals surface area contributed by atoms with Gasteiger partial charge in [0.05, 0.1) is 13.2 Å². The highest BCUT2D eigenvalue weighted by Crippen LogP contribution is 2.23. The molecule has 0 aliphatic carbocycles. The van der Waals surface area contributed by atoms with Gasteiger partial charge in [-0.15, -0.1) is 0 Å². The molecule has 0 saturated carbocycles. The predicted octanol–water partition coefficient (Wildman–Crippen LogP) is 2.68. The van der Waals surface area contributed by atoms with Crippen molar-refractivity contribution in [2.75, 3.05) is 11.9 Å². The number of aliphatic hydroxyl groups excluding tert-OH is 1. The second kappa shape index (κ2) is 7.09. The third-order valence-electron chi connectivity index (χ3n) is 3.24. The fraction of sp³-hybridized carbons (Fsp3) is 0.375. The molecule has 0 aliphatic rings. The fourth-order valence-corrected chi connectivity index (χ4v) is 2.02. The lowest BCUT2D eigenvalue weighted by Gasteiger charge is -2.10. The Bertz CT molecular complexity index is 650. The van der Waals surface area contributed by atoms with Gasteiger partial charge in [0.2, 0.25) is 0 Å². The number of rotatable bonds is 6. The third kappa shape index (κ3) is 3.65. The first-order valence-electron chi connectivity index (χ1n) is 7.28. The predicted molar refractivity (Wildman–Crippen MR) is 84.2 cm³/mol. The Labute approximate surface area is 129 Å². The van der Waals surface area contributed by atoms with Crippen molar-refractivity contribution in [3.8, 4) is 5.75 Å². The summed E-state index contributed by atoms with van der Waals surface area (Å²) in [6.07, 6.45) is 0. The van der Waals surface area contributed by atoms with Crippen LogP contribution in [0.4, 0.5) is 5.69 Å². The minimum Gasteiger partial charge on any atom is -0.494 e. The van der Waals surface area contributed by atoms with Crippen LogP contribution in [0.15, 0.2) is 24.3 Å². The van der Waals surface area contributed by atoms with E-state index in [4.69, 9.17) is 4.74 Å². The van der Waals surface area contributed by atoms with E-state index in [0.29, 0.717) is 29.3 Å². The summed E-state index contributed by atoms with van der Waals surface area (Å²) in [5.41, 5.74) is 2.46. The molecule has 6 nitrogen and oxygen atoms in total. The number of nitrogens with zero attached hydrogens (tertiary/aromatic N) is 1.